The normalized spacial score (nSPS) is 12.5. The minimum Gasteiger partial charge on any atom is -0.372 e. The third kappa shape index (κ3) is 4.00. The quantitative estimate of drug-likeness (QED) is 0.857. The van der Waals surface area contributed by atoms with Crippen LogP contribution in [0.1, 0.15) is 45.2 Å². The van der Waals surface area contributed by atoms with Gasteiger partial charge in [0.15, 0.2) is 0 Å². The van der Waals surface area contributed by atoms with Gasteiger partial charge < -0.3 is 10.6 Å². The fraction of sp³-hybridized carbons (Fsp3) is 0.571. The van der Waals surface area contributed by atoms with Crippen molar-refractivity contribution in [1.29, 1.82) is 0 Å². The second-order valence-corrected chi connectivity index (χ2v) is 5.28. The highest BCUT2D eigenvalue weighted by Crippen LogP contribution is 2.27. The van der Waals surface area contributed by atoms with Gasteiger partial charge in [0.1, 0.15) is 0 Å². The molecule has 0 heterocycles. The number of nitrogens with two attached hydrogens (primary N) is 1. The minimum absolute atomic E-state index is 0.0733. The third-order valence-electron chi connectivity index (χ3n) is 3.00. The zero-order valence-electron chi connectivity index (χ0n) is 11.0. The van der Waals surface area contributed by atoms with Crippen molar-refractivity contribution in [2.45, 2.75) is 39.7 Å². The highest BCUT2D eigenvalue weighted by molar-refractivity contribution is 9.10. The van der Waals surface area contributed by atoms with Crippen LogP contribution in [0.15, 0.2) is 22.7 Å². The molecule has 96 valence electrons. The summed E-state index contributed by atoms with van der Waals surface area (Å²) in [5.41, 5.74) is 8.35. The Hall–Kier alpha value is -0.540. The number of benzene rings is 1. The fourth-order valence-corrected chi connectivity index (χ4v) is 2.63. The lowest BCUT2D eigenvalue weighted by Gasteiger charge is -2.24. The van der Waals surface area contributed by atoms with E-state index in [-0.39, 0.29) is 6.04 Å². The van der Waals surface area contributed by atoms with Crippen molar-refractivity contribution in [2.75, 3.05) is 18.0 Å². The summed E-state index contributed by atoms with van der Waals surface area (Å²) in [4.78, 5) is 2.40. The summed E-state index contributed by atoms with van der Waals surface area (Å²) in [6, 6.07) is 6.54. The molecule has 0 bridgehead atoms. The molecule has 0 saturated heterocycles. The van der Waals surface area contributed by atoms with Crippen molar-refractivity contribution in [1.82, 2.24) is 0 Å². The monoisotopic (exact) mass is 298 g/mol. The van der Waals surface area contributed by atoms with Gasteiger partial charge in [-0.1, -0.05) is 35.3 Å². The SMILES string of the molecule is CCCCN(CC)c1ccc([C@H](C)N)c(Br)c1. The third-order valence-corrected chi connectivity index (χ3v) is 3.69. The molecule has 0 saturated carbocycles. The van der Waals surface area contributed by atoms with Crippen LogP contribution in [0.3, 0.4) is 0 Å². The Morgan fingerprint density at radius 1 is 1.35 bits per heavy atom. The highest BCUT2D eigenvalue weighted by Gasteiger charge is 2.09. The van der Waals surface area contributed by atoms with Crippen molar-refractivity contribution >= 4 is 21.6 Å². The Morgan fingerprint density at radius 3 is 2.53 bits per heavy atom. The molecular weight excluding hydrogens is 276 g/mol. The molecule has 0 aliphatic carbocycles. The predicted octanol–water partition coefficient (Wildman–Crippen LogP) is 4.10. The van der Waals surface area contributed by atoms with E-state index in [0.29, 0.717) is 0 Å². The van der Waals surface area contributed by atoms with E-state index >= 15 is 0 Å². The first-order valence-electron chi connectivity index (χ1n) is 6.40. The number of hydrogen-bond donors (Lipinski definition) is 1. The molecular formula is C14H23BrN2. The first-order chi connectivity index (χ1) is 8.10. The molecule has 0 radical (unpaired) electrons. The number of hydrogen-bond acceptors (Lipinski definition) is 2. The van der Waals surface area contributed by atoms with Crippen LogP contribution in [0.2, 0.25) is 0 Å². The van der Waals surface area contributed by atoms with Gasteiger partial charge in [0, 0.05) is 29.3 Å². The standard InChI is InChI=1S/C14H23BrN2/c1-4-6-9-17(5-2)12-7-8-13(11(3)16)14(15)10-12/h7-8,10-11H,4-6,9,16H2,1-3H3/t11-/m0/s1. The average molecular weight is 299 g/mol. The molecule has 0 fully saturated rings. The van der Waals surface area contributed by atoms with Crippen LogP contribution >= 0.6 is 15.9 Å². The molecule has 0 aromatic heterocycles. The lowest BCUT2D eigenvalue weighted by Crippen LogP contribution is -2.23. The van der Waals surface area contributed by atoms with Crippen molar-refractivity contribution in [3.63, 3.8) is 0 Å². The maximum Gasteiger partial charge on any atom is 0.0377 e. The summed E-state index contributed by atoms with van der Waals surface area (Å²) in [5, 5.41) is 0. The van der Waals surface area contributed by atoms with E-state index in [4.69, 9.17) is 5.73 Å². The summed E-state index contributed by atoms with van der Waals surface area (Å²) in [6.07, 6.45) is 2.47. The van der Waals surface area contributed by atoms with Gasteiger partial charge in [-0.3, -0.25) is 0 Å². The smallest absolute Gasteiger partial charge is 0.0377 e. The van der Waals surface area contributed by atoms with E-state index in [1.165, 1.54) is 24.1 Å². The van der Waals surface area contributed by atoms with Gasteiger partial charge in [0.25, 0.3) is 0 Å². The van der Waals surface area contributed by atoms with Gasteiger partial charge in [-0.15, -0.1) is 0 Å². The Bertz CT molecular complexity index is 350. The van der Waals surface area contributed by atoms with Gasteiger partial charge in [0.05, 0.1) is 0 Å². The van der Waals surface area contributed by atoms with Crippen molar-refractivity contribution in [3.05, 3.63) is 28.2 Å². The van der Waals surface area contributed by atoms with Gasteiger partial charge in [-0.05, 0) is 38.0 Å². The van der Waals surface area contributed by atoms with E-state index in [9.17, 15) is 0 Å². The van der Waals surface area contributed by atoms with Gasteiger partial charge >= 0.3 is 0 Å². The molecule has 2 N–H and O–H groups in total. The Kier molecular flexibility index (Phi) is 6.00. The van der Waals surface area contributed by atoms with Crippen LogP contribution in [-0.2, 0) is 0 Å². The molecule has 0 unspecified atom stereocenters. The summed E-state index contributed by atoms with van der Waals surface area (Å²) >= 11 is 3.61. The van der Waals surface area contributed by atoms with E-state index in [0.717, 1.165) is 17.6 Å². The number of halogens is 1. The highest BCUT2D eigenvalue weighted by atomic mass is 79.9. The van der Waals surface area contributed by atoms with Crippen LogP contribution in [0.4, 0.5) is 5.69 Å². The van der Waals surface area contributed by atoms with E-state index < -0.39 is 0 Å². The zero-order chi connectivity index (χ0) is 12.8. The molecule has 0 aliphatic heterocycles. The number of anilines is 1. The first-order valence-corrected chi connectivity index (χ1v) is 7.19. The second kappa shape index (κ2) is 7.02. The van der Waals surface area contributed by atoms with E-state index in [1.54, 1.807) is 0 Å². The summed E-state index contributed by atoms with van der Waals surface area (Å²) in [5.74, 6) is 0. The number of unbranched alkanes of at least 4 members (excludes halogenated alkanes) is 1. The van der Waals surface area contributed by atoms with Crippen LogP contribution in [-0.4, -0.2) is 13.1 Å². The molecule has 0 amide bonds. The molecule has 0 aliphatic rings. The van der Waals surface area contributed by atoms with E-state index in [1.807, 2.05) is 6.92 Å². The van der Waals surface area contributed by atoms with Gasteiger partial charge in [-0.25, -0.2) is 0 Å². The van der Waals surface area contributed by atoms with Crippen LogP contribution in [0.25, 0.3) is 0 Å². The largest absolute Gasteiger partial charge is 0.372 e. The Labute approximate surface area is 113 Å². The number of nitrogens with zero attached hydrogens (tertiary/aromatic N) is 1. The Morgan fingerprint density at radius 2 is 2.06 bits per heavy atom. The van der Waals surface area contributed by atoms with E-state index in [2.05, 4.69) is 52.9 Å². The summed E-state index contributed by atoms with van der Waals surface area (Å²) in [7, 11) is 0. The summed E-state index contributed by atoms with van der Waals surface area (Å²) < 4.78 is 1.11. The van der Waals surface area contributed by atoms with Crippen LogP contribution < -0.4 is 10.6 Å². The molecule has 2 nitrogen and oxygen atoms in total. The van der Waals surface area contributed by atoms with Crippen molar-refractivity contribution in [2.24, 2.45) is 5.73 Å². The zero-order valence-corrected chi connectivity index (χ0v) is 12.6. The first kappa shape index (κ1) is 14.5. The Balaban J connectivity index is 2.86. The van der Waals surface area contributed by atoms with Crippen molar-refractivity contribution in [3.8, 4) is 0 Å². The molecule has 1 aromatic rings. The van der Waals surface area contributed by atoms with Gasteiger partial charge in [0.2, 0.25) is 0 Å². The minimum atomic E-state index is 0.0733. The second-order valence-electron chi connectivity index (χ2n) is 4.43. The lowest BCUT2D eigenvalue weighted by molar-refractivity contribution is 0.731. The fourth-order valence-electron chi connectivity index (χ4n) is 1.90. The topological polar surface area (TPSA) is 29.3 Å². The molecule has 1 rings (SSSR count). The van der Waals surface area contributed by atoms with Crippen LogP contribution in [0.5, 0.6) is 0 Å². The molecule has 1 aromatic carbocycles. The maximum atomic E-state index is 5.91. The molecule has 1 atom stereocenters. The lowest BCUT2D eigenvalue weighted by atomic mass is 10.1. The average Bonchev–Trinajstić information content (AvgIpc) is 2.29. The molecule has 0 spiro atoms. The predicted molar refractivity (Wildman–Crippen MR) is 79.5 cm³/mol. The molecule has 3 heteroatoms. The van der Waals surface area contributed by atoms with Gasteiger partial charge in [-0.2, -0.15) is 0 Å². The maximum absolute atomic E-state index is 5.91. The van der Waals surface area contributed by atoms with Crippen molar-refractivity contribution < 1.29 is 0 Å². The molecule has 17 heavy (non-hydrogen) atoms. The summed E-state index contributed by atoms with van der Waals surface area (Å²) in [6.45, 7) is 8.60. The van der Waals surface area contributed by atoms with Crippen LogP contribution in [0, 0.1) is 0 Å². The number of rotatable bonds is 6.